The maximum absolute atomic E-state index is 3.60. The van der Waals surface area contributed by atoms with Gasteiger partial charge in [-0.15, -0.1) is 0 Å². The zero-order valence-corrected chi connectivity index (χ0v) is 11.6. The van der Waals surface area contributed by atoms with Gasteiger partial charge in [-0.05, 0) is 30.7 Å². The highest BCUT2D eigenvalue weighted by Gasteiger charge is 2.19. The van der Waals surface area contributed by atoms with Gasteiger partial charge in [0, 0.05) is 6.04 Å². The number of nitrogens with one attached hydrogen (secondary N) is 1. The summed E-state index contributed by atoms with van der Waals surface area (Å²) in [5.74, 6) is 2.59. The van der Waals surface area contributed by atoms with Gasteiger partial charge in [0.2, 0.25) is 0 Å². The molecule has 1 atom stereocenters. The van der Waals surface area contributed by atoms with Gasteiger partial charge in [-0.3, -0.25) is 0 Å². The van der Waals surface area contributed by atoms with E-state index in [4.69, 9.17) is 0 Å². The molecule has 0 aromatic rings. The largest absolute Gasteiger partial charge is 0.314 e. The molecule has 0 saturated heterocycles. The molecule has 92 valence electrons. The van der Waals surface area contributed by atoms with Gasteiger partial charge in [0.1, 0.15) is 0 Å². The van der Waals surface area contributed by atoms with Crippen molar-refractivity contribution in [2.24, 2.45) is 17.8 Å². The smallest absolute Gasteiger partial charge is 0.00104 e. The second kappa shape index (κ2) is 8.15. The van der Waals surface area contributed by atoms with Crippen LogP contribution >= 0.6 is 0 Å². The van der Waals surface area contributed by atoms with E-state index in [0.29, 0.717) is 6.04 Å². The minimum Gasteiger partial charge on any atom is -0.314 e. The highest BCUT2D eigenvalue weighted by Crippen LogP contribution is 2.25. The van der Waals surface area contributed by atoms with Crippen LogP contribution in [0, 0.1) is 17.8 Å². The van der Waals surface area contributed by atoms with Crippen LogP contribution < -0.4 is 5.32 Å². The first-order valence-corrected chi connectivity index (χ1v) is 6.74. The monoisotopic (exact) mass is 213 g/mol. The predicted octanol–water partition coefficient (Wildman–Crippen LogP) is 4.08. The molecular weight excluding hydrogens is 182 g/mol. The lowest BCUT2D eigenvalue weighted by Gasteiger charge is -2.28. The second-order valence-electron chi connectivity index (χ2n) is 5.53. The Labute approximate surface area is 97.0 Å². The van der Waals surface area contributed by atoms with Crippen molar-refractivity contribution in [1.29, 1.82) is 0 Å². The zero-order chi connectivity index (χ0) is 11.8. The molecule has 0 saturated carbocycles. The highest BCUT2D eigenvalue weighted by atomic mass is 14.9. The molecule has 0 amide bonds. The molecular formula is C14H31N. The van der Waals surface area contributed by atoms with Crippen molar-refractivity contribution in [2.75, 3.05) is 6.54 Å². The van der Waals surface area contributed by atoms with Gasteiger partial charge < -0.3 is 5.32 Å². The van der Waals surface area contributed by atoms with E-state index in [0.717, 1.165) is 17.8 Å². The lowest BCUT2D eigenvalue weighted by atomic mass is 9.82. The van der Waals surface area contributed by atoms with Crippen LogP contribution in [0.3, 0.4) is 0 Å². The summed E-state index contributed by atoms with van der Waals surface area (Å²) in [5, 5.41) is 3.60. The lowest BCUT2D eigenvalue weighted by Crippen LogP contribution is -2.33. The van der Waals surface area contributed by atoms with Crippen molar-refractivity contribution in [3.63, 3.8) is 0 Å². The van der Waals surface area contributed by atoms with Gasteiger partial charge in [0.15, 0.2) is 0 Å². The zero-order valence-electron chi connectivity index (χ0n) is 11.6. The SMILES string of the molecule is CCC(CC)C(CNC(C)C)CC(C)C. The average molecular weight is 213 g/mol. The Bertz CT molecular complexity index is 136. The summed E-state index contributed by atoms with van der Waals surface area (Å²) in [7, 11) is 0. The summed E-state index contributed by atoms with van der Waals surface area (Å²) in [6, 6.07) is 0.619. The first-order chi connectivity index (χ1) is 7.01. The minimum absolute atomic E-state index is 0.619. The normalized spacial score (nSPS) is 14.2. The fourth-order valence-corrected chi connectivity index (χ4v) is 2.39. The van der Waals surface area contributed by atoms with E-state index in [-0.39, 0.29) is 0 Å². The Morgan fingerprint density at radius 1 is 0.867 bits per heavy atom. The standard InChI is InChI=1S/C14H31N/c1-7-13(8-2)14(9-11(3)4)10-15-12(5)6/h11-15H,7-10H2,1-6H3. The summed E-state index contributed by atoms with van der Waals surface area (Å²) in [5.41, 5.74) is 0. The molecule has 1 nitrogen and oxygen atoms in total. The van der Waals surface area contributed by atoms with Crippen LogP contribution in [0.1, 0.15) is 60.8 Å². The summed E-state index contributed by atoms with van der Waals surface area (Å²) < 4.78 is 0. The molecule has 0 aromatic heterocycles. The third-order valence-corrected chi connectivity index (χ3v) is 3.28. The molecule has 0 aromatic carbocycles. The van der Waals surface area contributed by atoms with Crippen LogP contribution in [0.25, 0.3) is 0 Å². The predicted molar refractivity (Wildman–Crippen MR) is 70.2 cm³/mol. The first kappa shape index (κ1) is 15.0. The van der Waals surface area contributed by atoms with Gasteiger partial charge in [-0.25, -0.2) is 0 Å². The molecule has 0 radical (unpaired) electrons. The maximum atomic E-state index is 3.60. The van der Waals surface area contributed by atoms with Crippen molar-refractivity contribution >= 4 is 0 Å². The quantitative estimate of drug-likeness (QED) is 0.640. The van der Waals surface area contributed by atoms with E-state index in [1.807, 2.05) is 0 Å². The van der Waals surface area contributed by atoms with Gasteiger partial charge in [-0.1, -0.05) is 54.4 Å². The second-order valence-corrected chi connectivity index (χ2v) is 5.53. The van der Waals surface area contributed by atoms with Crippen LogP contribution in [-0.2, 0) is 0 Å². The molecule has 0 aliphatic heterocycles. The molecule has 15 heavy (non-hydrogen) atoms. The molecule has 0 heterocycles. The molecule has 0 bridgehead atoms. The van der Waals surface area contributed by atoms with Crippen LogP contribution in [0.2, 0.25) is 0 Å². The van der Waals surface area contributed by atoms with E-state index in [2.05, 4.69) is 46.9 Å². The Balaban J connectivity index is 4.15. The van der Waals surface area contributed by atoms with Crippen molar-refractivity contribution in [3.05, 3.63) is 0 Å². The fraction of sp³-hybridized carbons (Fsp3) is 1.00. The van der Waals surface area contributed by atoms with Gasteiger partial charge in [0.25, 0.3) is 0 Å². The topological polar surface area (TPSA) is 12.0 Å². The summed E-state index contributed by atoms with van der Waals surface area (Å²) >= 11 is 0. The van der Waals surface area contributed by atoms with Crippen molar-refractivity contribution in [1.82, 2.24) is 5.32 Å². The average Bonchev–Trinajstić information content (AvgIpc) is 2.14. The summed E-state index contributed by atoms with van der Waals surface area (Å²) in [6.07, 6.45) is 4.02. The third kappa shape index (κ3) is 6.94. The molecule has 1 N–H and O–H groups in total. The summed E-state index contributed by atoms with van der Waals surface area (Å²) in [6.45, 7) is 15.0. The maximum Gasteiger partial charge on any atom is 0.00104 e. The highest BCUT2D eigenvalue weighted by molar-refractivity contribution is 4.73. The van der Waals surface area contributed by atoms with E-state index >= 15 is 0 Å². The van der Waals surface area contributed by atoms with E-state index in [9.17, 15) is 0 Å². The van der Waals surface area contributed by atoms with Crippen molar-refractivity contribution < 1.29 is 0 Å². The lowest BCUT2D eigenvalue weighted by molar-refractivity contribution is 0.252. The third-order valence-electron chi connectivity index (χ3n) is 3.28. The molecule has 0 aliphatic rings. The Morgan fingerprint density at radius 3 is 1.73 bits per heavy atom. The van der Waals surface area contributed by atoms with E-state index in [1.54, 1.807) is 0 Å². The van der Waals surface area contributed by atoms with Crippen LogP contribution in [0.15, 0.2) is 0 Å². The van der Waals surface area contributed by atoms with Crippen LogP contribution in [-0.4, -0.2) is 12.6 Å². The Hall–Kier alpha value is -0.0400. The van der Waals surface area contributed by atoms with Crippen LogP contribution in [0.5, 0.6) is 0 Å². The van der Waals surface area contributed by atoms with Gasteiger partial charge >= 0.3 is 0 Å². The molecule has 0 fully saturated rings. The summed E-state index contributed by atoms with van der Waals surface area (Å²) in [4.78, 5) is 0. The molecule has 1 unspecified atom stereocenters. The Morgan fingerprint density at radius 2 is 1.40 bits per heavy atom. The minimum atomic E-state index is 0.619. The molecule has 1 heteroatoms. The van der Waals surface area contributed by atoms with Gasteiger partial charge in [0.05, 0.1) is 0 Å². The van der Waals surface area contributed by atoms with E-state index in [1.165, 1.54) is 25.8 Å². The number of hydrogen-bond donors (Lipinski definition) is 1. The van der Waals surface area contributed by atoms with E-state index < -0.39 is 0 Å². The molecule has 0 rings (SSSR count). The molecule has 0 aliphatic carbocycles. The van der Waals surface area contributed by atoms with Crippen LogP contribution in [0.4, 0.5) is 0 Å². The Kier molecular flexibility index (Phi) is 8.13. The van der Waals surface area contributed by atoms with Crippen molar-refractivity contribution in [2.45, 2.75) is 66.8 Å². The fourth-order valence-electron chi connectivity index (χ4n) is 2.39. The van der Waals surface area contributed by atoms with Gasteiger partial charge in [-0.2, -0.15) is 0 Å². The van der Waals surface area contributed by atoms with Crippen molar-refractivity contribution in [3.8, 4) is 0 Å². The number of rotatable bonds is 8. The molecule has 0 spiro atoms. The first-order valence-electron chi connectivity index (χ1n) is 6.74. The number of hydrogen-bond acceptors (Lipinski definition) is 1.